The summed E-state index contributed by atoms with van der Waals surface area (Å²) in [7, 11) is 0. The molecular formula is C17H7Br2F7OS. The smallest absolute Gasteiger partial charge is 0.456 e. The van der Waals surface area contributed by atoms with E-state index in [-0.39, 0.29) is 20.3 Å². The summed E-state index contributed by atoms with van der Waals surface area (Å²) in [5.74, 6) is -6.20. The lowest BCUT2D eigenvalue weighted by Crippen LogP contribution is -2.49. The van der Waals surface area contributed by atoms with Gasteiger partial charge in [0.25, 0.3) is 0 Å². The van der Waals surface area contributed by atoms with Gasteiger partial charge >= 0.3 is 17.4 Å². The zero-order valence-corrected chi connectivity index (χ0v) is 17.2. The van der Waals surface area contributed by atoms with Crippen molar-refractivity contribution in [3.8, 4) is 11.3 Å². The summed E-state index contributed by atoms with van der Waals surface area (Å²) in [6.45, 7) is 0. The van der Waals surface area contributed by atoms with Crippen molar-refractivity contribution in [2.75, 3.05) is 0 Å². The molecule has 0 saturated carbocycles. The molecule has 0 aliphatic carbocycles. The highest BCUT2D eigenvalue weighted by atomic mass is 79.9. The van der Waals surface area contributed by atoms with Gasteiger partial charge in [0, 0.05) is 24.8 Å². The second-order valence-electron chi connectivity index (χ2n) is 5.60. The van der Waals surface area contributed by atoms with E-state index >= 15 is 0 Å². The molecule has 0 fully saturated rings. The van der Waals surface area contributed by atoms with Gasteiger partial charge in [0.05, 0.1) is 0 Å². The molecule has 0 bridgehead atoms. The molecule has 2 aromatic carbocycles. The Morgan fingerprint density at radius 3 is 2.11 bits per heavy atom. The van der Waals surface area contributed by atoms with Gasteiger partial charge in [0.1, 0.15) is 11.3 Å². The third-order valence-corrected chi connectivity index (χ3v) is 5.79. The first-order valence-electron chi connectivity index (χ1n) is 7.33. The van der Waals surface area contributed by atoms with Crippen LogP contribution in [0.5, 0.6) is 0 Å². The molecule has 0 aliphatic heterocycles. The molecular weight excluding hydrogens is 545 g/mol. The molecule has 150 valence electrons. The average molecular weight is 552 g/mol. The third-order valence-electron chi connectivity index (χ3n) is 3.65. The number of hydrogen-bond donors (Lipinski definition) is 0. The Bertz CT molecular complexity index is 997. The van der Waals surface area contributed by atoms with Gasteiger partial charge in [-0.15, -0.1) is 0 Å². The molecule has 1 nitrogen and oxygen atoms in total. The van der Waals surface area contributed by atoms with Crippen LogP contribution in [0.4, 0.5) is 30.7 Å². The van der Waals surface area contributed by atoms with E-state index in [9.17, 15) is 30.7 Å². The summed E-state index contributed by atoms with van der Waals surface area (Å²) < 4.78 is 98.0. The number of fused-ring (bicyclic) bond motifs is 1. The van der Waals surface area contributed by atoms with Gasteiger partial charge < -0.3 is 4.42 Å². The van der Waals surface area contributed by atoms with Crippen molar-refractivity contribution in [2.45, 2.75) is 22.2 Å². The summed E-state index contributed by atoms with van der Waals surface area (Å²) in [6, 6.07) is 10.6. The van der Waals surface area contributed by atoms with Crippen molar-refractivity contribution in [1.29, 1.82) is 0 Å². The van der Waals surface area contributed by atoms with Crippen molar-refractivity contribution in [3.05, 3.63) is 51.4 Å². The highest BCUT2D eigenvalue weighted by molar-refractivity contribution is 9.11. The fourth-order valence-electron chi connectivity index (χ4n) is 2.34. The summed E-state index contributed by atoms with van der Waals surface area (Å²) in [5.41, 5.74) is 0.331. The zero-order valence-electron chi connectivity index (χ0n) is 13.3. The second kappa shape index (κ2) is 7.24. The van der Waals surface area contributed by atoms with Crippen LogP contribution < -0.4 is 0 Å². The molecule has 1 aromatic heterocycles. The van der Waals surface area contributed by atoms with E-state index in [0.29, 0.717) is 11.0 Å². The maximum atomic E-state index is 14.0. The van der Waals surface area contributed by atoms with E-state index in [0.717, 1.165) is 6.07 Å². The molecule has 0 spiro atoms. The van der Waals surface area contributed by atoms with Gasteiger partial charge in [0.2, 0.25) is 0 Å². The Morgan fingerprint density at radius 1 is 0.857 bits per heavy atom. The van der Waals surface area contributed by atoms with E-state index in [1.165, 1.54) is 12.1 Å². The van der Waals surface area contributed by atoms with Crippen LogP contribution in [0.15, 0.2) is 60.7 Å². The van der Waals surface area contributed by atoms with E-state index in [1.54, 1.807) is 24.3 Å². The Balaban J connectivity index is 2.14. The number of halogens is 9. The van der Waals surface area contributed by atoms with E-state index in [2.05, 4.69) is 31.9 Å². The minimum atomic E-state index is -6.41. The Morgan fingerprint density at radius 2 is 1.50 bits per heavy atom. The molecule has 0 radical (unpaired) electrons. The average Bonchev–Trinajstić information content (AvgIpc) is 2.95. The highest BCUT2D eigenvalue weighted by Crippen LogP contribution is 2.56. The molecule has 3 rings (SSSR count). The van der Waals surface area contributed by atoms with Crippen LogP contribution in [0.25, 0.3) is 22.3 Å². The minimum absolute atomic E-state index is 0.0363. The van der Waals surface area contributed by atoms with Crippen LogP contribution in [-0.4, -0.2) is 17.4 Å². The summed E-state index contributed by atoms with van der Waals surface area (Å²) in [6.07, 6.45) is -6.41. The van der Waals surface area contributed by atoms with Crippen molar-refractivity contribution < 1.29 is 35.2 Å². The van der Waals surface area contributed by atoms with Crippen molar-refractivity contribution >= 4 is 54.6 Å². The van der Waals surface area contributed by atoms with Gasteiger partial charge in [-0.3, -0.25) is 0 Å². The Kier molecular flexibility index (Phi) is 5.56. The Labute approximate surface area is 174 Å². The number of rotatable bonds is 4. The molecule has 28 heavy (non-hydrogen) atoms. The number of alkyl halides is 7. The summed E-state index contributed by atoms with van der Waals surface area (Å²) >= 11 is 5.27. The monoisotopic (exact) mass is 550 g/mol. The van der Waals surface area contributed by atoms with E-state index in [1.807, 2.05) is 0 Å². The predicted octanol–water partition coefficient (Wildman–Crippen LogP) is 8.51. The van der Waals surface area contributed by atoms with Crippen LogP contribution in [0.2, 0.25) is 0 Å². The third kappa shape index (κ3) is 3.80. The van der Waals surface area contributed by atoms with Crippen molar-refractivity contribution in [3.63, 3.8) is 0 Å². The van der Waals surface area contributed by atoms with Gasteiger partial charge in [0.15, 0.2) is 0 Å². The molecule has 0 atom stereocenters. The summed E-state index contributed by atoms with van der Waals surface area (Å²) in [4.78, 5) is -0.519. The van der Waals surface area contributed by atoms with Gasteiger partial charge in [-0.2, -0.15) is 30.7 Å². The lowest BCUT2D eigenvalue weighted by Gasteiger charge is -2.28. The maximum absolute atomic E-state index is 14.0. The molecule has 11 heteroatoms. The van der Waals surface area contributed by atoms with Crippen LogP contribution in [0.3, 0.4) is 0 Å². The van der Waals surface area contributed by atoms with Crippen LogP contribution >= 0.6 is 43.6 Å². The maximum Gasteiger partial charge on any atom is 0.460 e. The number of para-hydroxylation sites is 1. The first kappa shape index (κ1) is 21.5. The van der Waals surface area contributed by atoms with Gasteiger partial charge in [-0.1, -0.05) is 34.1 Å². The summed E-state index contributed by atoms with van der Waals surface area (Å²) in [5, 5.41) is -4.85. The van der Waals surface area contributed by atoms with Crippen LogP contribution in [0.1, 0.15) is 0 Å². The lowest BCUT2D eigenvalue weighted by molar-refractivity contribution is -0.330. The molecule has 0 unspecified atom stereocenters. The molecule has 0 amide bonds. The van der Waals surface area contributed by atoms with Crippen molar-refractivity contribution in [2.24, 2.45) is 0 Å². The van der Waals surface area contributed by atoms with Crippen molar-refractivity contribution in [1.82, 2.24) is 0 Å². The standard InChI is InChI=1S/C17H7Br2F7OS/c18-9-6-10(19)14(12-5-8-3-1-2-4-11(8)27-12)13(7-9)28-17(25,26)15(20,21)16(22,23)24/h1-7H. The number of thioether (sulfide) groups is 1. The van der Waals surface area contributed by atoms with Gasteiger partial charge in [-0.05, 0) is 52.0 Å². The fraction of sp³-hybridized carbons (Fsp3) is 0.176. The Hall–Kier alpha value is -1.20. The zero-order chi connectivity index (χ0) is 20.9. The minimum Gasteiger partial charge on any atom is -0.456 e. The normalized spacial score (nSPS) is 13.3. The second-order valence-corrected chi connectivity index (χ2v) is 8.53. The first-order chi connectivity index (χ1) is 12.8. The van der Waals surface area contributed by atoms with Crippen LogP contribution in [0, 0.1) is 0 Å². The molecule has 0 saturated heterocycles. The fourth-order valence-corrected chi connectivity index (χ4v) is 5.06. The van der Waals surface area contributed by atoms with Gasteiger partial charge in [-0.25, -0.2) is 0 Å². The highest BCUT2D eigenvalue weighted by Gasteiger charge is 2.73. The number of hydrogen-bond acceptors (Lipinski definition) is 2. The van der Waals surface area contributed by atoms with Crippen LogP contribution in [-0.2, 0) is 0 Å². The van der Waals surface area contributed by atoms with E-state index < -0.39 is 34.0 Å². The lowest BCUT2D eigenvalue weighted by atomic mass is 10.1. The number of furan rings is 1. The molecule has 0 aliphatic rings. The SMILES string of the molecule is FC(F)(F)C(F)(F)C(F)(F)Sc1cc(Br)cc(Br)c1-c1cc2ccccc2o1. The largest absolute Gasteiger partial charge is 0.460 e. The first-order valence-corrected chi connectivity index (χ1v) is 9.73. The number of benzene rings is 2. The topological polar surface area (TPSA) is 13.1 Å². The molecule has 0 N–H and O–H groups in total. The van der Waals surface area contributed by atoms with E-state index in [4.69, 9.17) is 4.42 Å². The molecule has 3 aromatic rings. The molecule has 1 heterocycles. The predicted molar refractivity (Wildman–Crippen MR) is 98.9 cm³/mol. The quantitative estimate of drug-likeness (QED) is 0.238.